The maximum Gasteiger partial charge on any atom is 0.335 e. The van der Waals surface area contributed by atoms with Gasteiger partial charge in [0.25, 0.3) is 0 Å². The van der Waals surface area contributed by atoms with Crippen molar-refractivity contribution in [3.8, 4) is 0 Å². The van der Waals surface area contributed by atoms with Crippen molar-refractivity contribution in [1.82, 2.24) is 4.57 Å². The molecule has 3 heteroatoms. The number of aromatic nitrogens is 1. The van der Waals surface area contributed by atoms with E-state index in [0.29, 0.717) is 18.0 Å². The molecule has 0 saturated heterocycles. The average Bonchev–Trinajstić information content (AvgIpc) is 2.90. The SMILES string of the molecule is CC(C)c1ccc2c(ccn2Cc2cccc(C(=O)O)c2)c1. The Kier molecular flexibility index (Phi) is 3.72. The van der Waals surface area contributed by atoms with Crippen LogP contribution in [0.4, 0.5) is 0 Å². The number of carboxylic acids is 1. The Morgan fingerprint density at radius 3 is 2.68 bits per heavy atom. The van der Waals surface area contributed by atoms with Crippen molar-refractivity contribution < 1.29 is 9.90 Å². The van der Waals surface area contributed by atoms with Crippen LogP contribution in [0.3, 0.4) is 0 Å². The lowest BCUT2D eigenvalue weighted by atomic mass is 10.0. The molecule has 0 fully saturated rings. The van der Waals surface area contributed by atoms with Crippen LogP contribution >= 0.6 is 0 Å². The van der Waals surface area contributed by atoms with Gasteiger partial charge in [0.1, 0.15) is 0 Å². The summed E-state index contributed by atoms with van der Waals surface area (Å²) in [7, 11) is 0. The van der Waals surface area contributed by atoms with Gasteiger partial charge in [-0.3, -0.25) is 0 Å². The predicted octanol–water partition coefficient (Wildman–Crippen LogP) is 4.51. The highest BCUT2D eigenvalue weighted by atomic mass is 16.4. The van der Waals surface area contributed by atoms with Crippen molar-refractivity contribution in [1.29, 1.82) is 0 Å². The lowest BCUT2D eigenvalue weighted by Gasteiger charge is -2.09. The van der Waals surface area contributed by atoms with Gasteiger partial charge >= 0.3 is 5.97 Å². The number of nitrogens with zero attached hydrogens (tertiary/aromatic N) is 1. The fourth-order valence-electron chi connectivity index (χ4n) is 2.72. The van der Waals surface area contributed by atoms with Gasteiger partial charge in [-0.15, -0.1) is 0 Å². The summed E-state index contributed by atoms with van der Waals surface area (Å²) in [6, 6.07) is 15.8. The fourth-order valence-corrected chi connectivity index (χ4v) is 2.72. The zero-order valence-electron chi connectivity index (χ0n) is 12.8. The monoisotopic (exact) mass is 293 g/mol. The summed E-state index contributed by atoms with van der Waals surface area (Å²) in [5.41, 5.74) is 3.82. The van der Waals surface area contributed by atoms with E-state index in [0.717, 1.165) is 5.56 Å². The van der Waals surface area contributed by atoms with Crippen molar-refractivity contribution in [3.63, 3.8) is 0 Å². The first-order valence-electron chi connectivity index (χ1n) is 7.45. The molecule has 0 unspecified atom stereocenters. The summed E-state index contributed by atoms with van der Waals surface area (Å²) >= 11 is 0. The Morgan fingerprint density at radius 2 is 1.95 bits per heavy atom. The number of benzene rings is 2. The van der Waals surface area contributed by atoms with Gasteiger partial charge < -0.3 is 9.67 Å². The van der Waals surface area contributed by atoms with Gasteiger partial charge in [0, 0.05) is 18.3 Å². The van der Waals surface area contributed by atoms with Crippen molar-refractivity contribution in [2.24, 2.45) is 0 Å². The largest absolute Gasteiger partial charge is 0.478 e. The molecule has 1 heterocycles. The molecule has 0 radical (unpaired) electrons. The Balaban J connectivity index is 1.94. The number of hydrogen-bond acceptors (Lipinski definition) is 1. The molecule has 0 saturated carbocycles. The highest BCUT2D eigenvalue weighted by Crippen LogP contribution is 2.23. The second-order valence-corrected chi connectivity index (χ2v) is 5.92. The third kappa shape index (κ3) is 2.75. The predicted molar refractivity (Wildman–Crippen MR) is 88.5 cm³/mol. The highest BCUT2D eigenvalue weighted by molar-refractivity contribution is 5.87. The van der Waals surface area contributed by atoms with Crippen LogP contribution in [0.25, 0.3) is 10.9 Å². The molecule has 2 aromatic carbocycles. The minimum atomic E-state index is -0.888. The summed E-state index contributed by atoms with van der Waals surface area (Å²) in [5, 5.41) is 10.3. The fraction of sp³-hybridized carbons (Fsp3) is 0.211. The first kappa shape index (κ1) is 14.4. The molecule has 0 aliphatic heterocycles. The van der Waals surface area contributed by atoms with Crippen LogP contribution in [0.1, 0.15) is 41.3 Å². The van der Waals surface area contributed by atoms with E-state index in [9.17, 15) is 4.79 Å². The maximum absolute atomic E-state index is 11.1. The Hall–Kier alpha value is -2.55. The first-order valence-corrected chi connectivity index (χ1v) is 7.45. The molecule has 112 valence electrons. The normalized spacial score (nSPS) is 11.2. The van der Waals surface area contributed by atoms with Crippen LogP contribution in [-0.2, 0) is 6.54 Å². The molecule has 0 amide bonds. The lowest BCUT2D eigenvalue weighted by molar-refractivity contribution is 0.0696. The molecule has 0 aliphatic carbocycles. The number of carboxylic acid groups (broad SMARTS) is 1. The van der Waals surface area contributed by atoms with Crippen LogP contribution in [0.15, 0.2) is 54.7 Å². The van der Waals surface area contributed by atoms with Crippen molar-refractivity contribution in [3.05, 3.63) is 71.4 Å². The van der Waals surface area contributed by atoms with Crippen LogP contribution < -0.4 is 0 Å². The molecule has 1 aromatic heterocycles. The number of carbonyl (C=O) groups is 1. The van der Waals surface area contributed by atoms with E-state index >= 15 is 0 Å². The minimum absolute atomic E-state index is 0.330. The van der Waals surface area contributed by atoms with E-state index < -0.39 is 5.97 Å². The van der Waals surface area contributed by atoms with Crippen LogP contribution in [-0.4, -0.2) is 15.6 Å². The maximum atomic E-state index is 11.1. The molecule has 0 bridgehead atoms. The second kappa shape index (κ2) is 5.68. The van der Waals surface area contributed by atoms with Gasteiger partial charge in [-0.25, -0.2) is 4.79 Å². The standard InChI is InChI=1S/C19H19NO2/c1-13(2)15-6-7-18-16(11-15)8-9-20(18)12-14-4-3-5-17(10-14)19(21)22/h3-11,13H,12H2,1-2H3,(H,21,22). The van der Waals surface area contributed by atoms with E-state index in [-0.39, 0.29) is 0 Å². The molecule has 22 heavy (non-hydrogen) atoms. The summed E-state index contributed by atoms with van der Waals surface area (Å²) in [5.74, 6) is -0.374. The van der Waals surface area contributed by atoms with Crippen LogP contribution in [0, 0.1) is 0 Å². The first-order chi connectivity index (χ1) is 10.5. The van der Waals surface area contributed by atoms with Crippen molar-refractivity contribution in [2.75, 3.05) is 0 Å². The third-order valence-corrected chi connectivity index (χ3v) is 3.99. The smallest absolute Gasteiger partial charge is 0.335 e. The quantitative estimate of drug-likeness (QED) is 0.769. The Bertz CT molecular complexity index is 830. The summed E-state index contributed by atoms with van der Waals surface area (Å²) < 4.78 is 2.15. The van der Waals surface area contributed by atoms with E-state index in [2.05, 4.69) is 48.9 Å². The topological polar surface area (TPSA) is 42.2 Å². The molecule has 3 aromatic rings. The van der Waals surface area contributed by atoms with Crippen molar-refractivity contribution >= 4 is 16.9 Å². The van der Waals surface area contributed by atoms with Gasteiger partial charge in [0.05, 0.1) is 5.56 Å². The lowest BCUT2D eigenvalue weighted by Crippen LogP contribution is -2.01. The van der Waals surface area contributed by atoms with Gasteiger partial charge in [0.15, 0.2) is 0 Å². The number of hydrogen-bond donors (Lipinski definition) is 1. The zero-order valence-corrected chi connectivity index (χ0v) is 12.8. The molecular formula is C19H19NO2. The van der Waals surface area contributed by atoms with Crippen molar-refractivity contribution in [2.45, 2.75) is 26.3 Å². The molecule has 1 N–H and O–H groups in total. The number of rotatable bonds is 4. The van der Waals surface area contributed by atoms with Gasteiger partial charge in [-0.05, 0) is 52.8 Å². The van der Waals surface area contributed by atoms with Gasteiger partial charge in [0.2, 0.25) is 0 Å². The molecule has 0 aliphatic rings. The summed E-state index contributed by atoms with van der Waals surface area (Å²) in [6.45, 7) is 5.05. The number of aromatic carboxylic acids is 1. The molecular weight excluding hydrogens is 274 g/mol. The average molecular weight is 293 g/mol. The third-order valence-electron chi connectivity index (χ3n) is 3.99. The van der Waals surface area contributed by atoms with Crippen LogP contribution in [0.2, 0.25) is 0 Å². The van der Waals surface area contributed by atoms with E-state index in [4.69, 9.17) is 5.11 Å². The van der Waals surface area contributed by atoms with E-state index in [1.807, 2.05) is 6.07 Å². The number of fused-ring (bicyclic) bond motifs is 1. The van der Waals surface area contributed by atoms with Crippen LogP contribution in [0.5, 0.6) is 0 Å². The molecule has 0 spiro atoms. The van der Waals surface area contributed by atoms with Gasteiger partial charge in [-0.2, -0.15) is 0 Å². The summed E-state index contributed by atoms with van der Waals surface area (Å²) in [6.07, 6.45) is 2.06. The molecule has 0 atom stereocenters. The summed E-state index contributed by atoms with van der Waals surface area (Å²) in [4.78, 5) is 11.1. The minimum Gasteiger partial charge on any atom is -0.478 e. The van der Waals surface area contributed by atoms with Gasteiger partial charge in [-0.1, -0.05) is 32.0 Å². The van der Waals surface area contributed by atoms with E-state index in [1.54, 1.807) is 18.2 Å². The Labute approximate surface area is 129 Å². The molecule has 3 rings (SSSR count). The molecule has 3 nitrogen and oxygen atoms in total. The van der Waals surface area contributed by atoms with E-state index in [1.165, 1.54) is 16.5 Å². The zero-order chi connectivity index (χ0) is 15.7. The Morgan fingerprint density at radius 1 is 1.14 bits per heavy atom. The highest BCUT2D eigenvalue weighted by Gasteiger charge is 2.07. The second-order valence-electron chi connectivity index (χ2n) is 5.92.